The first kappa shape index (κ1) is 16.2. The summed E-state index contributed by atoms with van der Waals surface area (Å²) in [6, 6.07) is 3.84. The fourth-order valence-corrected chi connectivity index (χ4v) is 3.33. The van der Waals surface area contributed by atoms with Crippen molar-refractivity contribution >= 4 is 21.6 Å². The molecule has 0 bridgehead atoms. The smallest absolute Gasteiger partial charge is 0.146 e. The summed E-state index contributed by atoms with van der Waals surface area (Å²) < 4.78 is 11.9. The van der Waals surface area contributed by atoms with Crippen molar-refractivity contribution in [3.63, 3.8) is 0 Å². The molecule has 0 aliphatic carbocycles. The maximum atomic E-state index is 5.52. The molecule has 1 N–H and O–H groups in total. The molecule has 1 heterocycles. The number of likely N-dealkylation sites (tertiary alicyclic amines) is 1. The van der Waals surface area contributed by atoms with Crippen LogP contribution in [0.25, 0.3) is 5.70 Å². The minimum absolute atomic E-state index is 0.330. The van der Waals surface area contributed by atoms with Gasteiger partial charge in [0, 0.05) is 12.2 Å². The molecule has 1 aromatic carbocycles. The summed E-state index contributed by atoms with van der Waals surface area (Å²) in [6.45, 7) is 8.55. The number of nitrogens with one attached hydrogen (secondary N) is 1. The molecule has 0 radical (unpaired) electrons. The highest BCUT2D eigenvalue weighted by Crippen LogP contribution is 2.39. The molecule has 116 valence electrons. The lowest BCUT2D eigenvalue weighted by Gasteiger charge is -2.27. The van der Waals surface area contributed by atoms with Gasteiger partial charge < -0.3 is 14.8 Å². The minimum Gasteiger partial charge on any atom is -0.496 e. The third-order valence-corrected chi connectivity index (χ3v) is 4.53. The summed E-state index contributed by atoms with van der Waals surface area (Å²) >= 11 is 3.52. The number of halogens is 1. The van der Waals surface area contributed by atoms with Crippen LogP contribution in [-0.2, 0) is 0 Å². The molecule has 1 saturated heterocycles. The average molecular weight is 355 g/mol. The molecule has 1 aliphatic rings. The van der Waals surface area contributed by atoms with Gasteiger partial charge in [0.1, 0.15) is 11.5 Å². The van der Waals surface area contributed by atoms with Crippen molar-refractivity contribution in [2.75, 3.05) is 27.3 Å². The van der Waals surface area contributed by atoms with Crippen molar-refractivity contribution < 1.29 is 9.47 Å². The van der Waals surface area contributed by atoms with Gasteiger partial charge in [-0.25, -0.2) is 0 Å². The van der Waals surface area contributed by atoms with Crippen molar-refractivity contribution in [3.05, 3.63) is 28.7 Å². The second-order valence-electron chi connectivity index (χ2n) is 5.07. The van der Waals surface area contributed by atoms with Crippen molar-refractivity contribution in [1.29, 1.82) is 0 Å². The zero-order chi connectivity index (χ0) is 15.4. The van der Waals surface area contributed by atoms with Crippen LogP contribution in [0.2, 0.25) is 0 Å². The van der Waals surface area contributed by atoms with Crippen LogP contribution in [-0.4, -0.2) is 38.4 Å². The molecule has 21 heavy (non-hydrogen) atoms. The van der Waals surface area contributed by atoms with Crippen LogP contribution in [0, 0.1) is 0 Å². The summed E-state index contributed by atoms with van der Waals surface area (Å²) in [4.78, 5) is 2.42. The first-order chi connectivity index (χ1) is 10.1. The second-order valence-corrected chi connectivity index (χ2v) is 5.92. The van der Waals surface area contributed by atoms with Crippen molar-refractivity contribution in [3.8, 4) is 11.5 Å². The van der Waals surface area contributed by atoms with Gasteiger partial charge in [-0.1, -0.05) is 13.5 Å². The third-order valence-electron chi connectivity index (χ3n) is 3.91. The maximum absolute atomic E-state index is 5.52. The van der Waals surface area contributed by atoms with Crippen molar-refractivity contribution in [2.24, 2.45) is 0 Å². The monoisotopic (exact) mass is 354 g/mol. The molecule has 4 nitrogen and oxygen atoms in total. The Morgan fingerprint density at radius 2 is 2.19 bits per heavy atom. The number of nitrogens with zero attached hydrogens (tertiary/aromatic N) is 1. The fraction of sp³-hybridized carbons (Fsp3) is 0.500. The molecule has 0 spiro atoms. The highest BCUT2D eigenvalue weighted by molar-refractivity contribution is 9.10. The Bertz CT molecular complexity index is 519. The van der Waals surface area contributed by atoms with Crippen molar-refractivity contribution in [2.45, 2.75) is 25.9 Å². The summed E-state index contributed by atoms with van der Waals surface area (Å²) in [5.41, 5.74) is 1.70. The lowest BCUT2D eigenvalue weighted by Crippen LogP contribution is -2.39. The van der Waals surface area contributed by atoms with Gasteiger partial charge in [-0.3, -0.25) is 4.90 Å². The van der Waals surface area contributed by atoms with Crippen LogP contribution in [0.15, 0.2) is 23.2 Å². The van der Waals surface area contributed by atoms with Crippen LogP contribution in [0.1, 0.15) is 25.3 Å². The minimum atomic E-state index is 0.330. The van der Waals surface area contributed by atoms with E-state index in [9.17, 15) is 0 Å². The van der Waals surface area contributed by atoms with Gasteiger partial charge >= 0.3 is 0 Å². The van der Waals surface area contributed by atoms with Gasteiger partial charge in [0.25, 0.3) is 0 Å². The van der Waals surface area contributed by atoms with Gasteiger partial charge in [-0.2, -0.15) is 0 Å². The summed E-state index contributed by atoms with van der Waals surface area (Å²) in [6.07, 6.45) is 2.67. The van der Waals surface area contributed by atoms with E-state index in [4.69, 9.17) is 9.47 Å². The number of benzene rings is 1. The number of methoxy groups -OCH3 is 2. The zero-order valence-electron chi connectivity index (χ0n) is 12.9. The molecule has 1 fully saturated rings. The van der Waals surface area contributed by atoms with Gasteiger partial charge in [0.15, 0.2) is 0 Å². The topological polar surface area (TPSA) is 33.7 Å². The average Bonchev–Trinajstić information content (AvgIpc) is 2.93. The largest absolute Gasteiger partial charge is 0.496 e. The van der Waals surface area contributed by atoms with Gasteiger partial charge in [-0.05, 0) is 47.4 Å². The summed E-state index contributed by atoms with van der Waals surface area (Å²) in [5.74, 6) is 1.50. The first-order valence-corrected chi connectivity index (χ1v) is 8.02. The number of rotatable bonds is 6. The predicted octanol–water partition coefficient (Wildman–Crippen LogP) is 3.47. The normalized spacial score (nSPS) is 18.6. The molecule has 0 saturated carbocycles. The Labute approximate surface area is 135 Å². The van der Waals surface area contributed by atoms with Crippen molar-refractivity contribution in [1.82, 2.24) is 10.2 Å². The molecule has 5 heteroatoms. The molecular weight excluding hydrogens is 332 g/mol. The number of hydrogen-bond donors (Lipinski definition) is 1. The Morgan fingerprint density at radius 3 is 2.81 bits per heavy atom. The molecular formula is C16H23BrN2O2. The molecule has 1 aliphatic heterocycles. The second kappa shape index (κ2) is 7.18. The predicted molar refractivity (Wildman–Crippen MR) is 89.7 cm³/mol. The highest BCUT2D eigenvalue weighted by Gasteiger charge is 2.25. The Kier molecular flexibility index (Phi) is 5.53. The molecule has 1 aromatic rings. The van der Waals surface area contributed by atoms with E-state index < -0.39 is 0 Å². The van der Waals surface area contributed by atoms with E-state index in [0.717, 1.165) is 46.7 Å². The number of ether oxygens (including phenoxy) is 2. The van der Waals surface area contributed by atoms with E-state index in [2.05, 4.69) is 39.6 Å². The highest BCUT2D eigenvalue weighted by atomic mass is 79.9. The lowest BCUT2D eigenvalue weighted by atomic mass is 10.1. The first-order valence-electron chi connectivity index (χ1n) is 7.22. The SMILES string of the molecule is C=C(NC1CCCN1CC)c1c(OC)ccc(Br)c1OC. The number of hydrogen-bond acceptors (Lipinski definition) is 4. The van der Waals surface area contributed by atoms with Crippen LogP contribution < -0.4 is 14.8 Å². The Balaban J connectivity index is 2.28. The van der Waals surface area contributed by atoms with Gasteiger partial charge in [0.2, 0.25) is 0 Å². The van der Waals surface area contributed by atoms with Crippen LogP contribution >= 0.6 is 15.9 Å². The van der Waals surface area contributed by atoms with Crippen LogP contribution in [0.4, 0.5) is 0 Å². The van der Waals surface area contributed by atoms with E-state index >= 15 is 0 Å². The Morgan fingerprint density at radius 1 is 1.43 bits per heavy atom. The van der Waals surface area contributed by atoms with Crippen LogP contribution in [0.5, 0.6) is 11.5 Å². The molecule has 0 aromatic heterocycles. The quantitative estimate of drug-likeness (QED) is 0.847. The molecule has 1 unspecified atom stereocenters. The molecule has 0 amide bonds. The standard InChI is InChI=1S/C16H23BrN2O2/c1-5-19-10-6-7-14(19)18-11(2)15-13(20-3)9-8-12(17)16(15)21-4/h8-9,14,18H,2,5-7,10H2,1,3-4H3. The van der Waals surface area contributed by atoms with E-state index in [1.54, 1.807) is 14.2 Å². The molecule has 1 atom stereocenters. The van der Waals surface area contributed by atoms with E-state index in [1.807, 2.05) is 12.1 Å². The van der Waals surface area contributed by atoms with E-state index in [0.29, 0.717) is 6.17 Å². The van der Waals surface area contributed by atoms with Gasteiger partial charge in [-0.15, -0.1) is 0 Å². The third kappa shape index (κ3) is 3.35. The fourth-order valence-electron chi connectivity index (χ4n) is 2.84. The molecule has 2 rings (SSSR count). The van der Waals surface area contributed by atoms with Crippen LogP contribution in [0.3, 0.4) is 0 Å². The maximum Gasteiger partial charge on any atom is 0.146 e. The summed E-state index contributed by atoms with van der Waals surface area (Å²) in [7, 11) is 3.32. The van der Waals surface area contributed by atoms with E-state index in [1.165, 1.54) is 6.42 Å². The van der Waals surface area contributed by atoms with Gasteiger partial charge in [0.05, 0.1) is 30.4 Å². The lowest BCUT2D eigenvalue weighted by molar-refractivity contribution is 0.249. The Hall–Kier alpha value is -1.20. The van der Waals surface area contributed by atoms with E-state index in [-0.39, 0.29) is 0 Å². The zero-order valence-corrected chi connectivity index (χ0v) is 14.5. The summed E-state index contributed by atoms with van der Waals surface area (Å²) in [5, 5.41) is 3.52.